The van der Waals surface area contributed by atoms with Crippen LogP contribution < -0.4 is 5.32 Å². The fourth-order valence-electron chi connectivity index (χ4n) is 2.76. The number of anilines is 1. The molecule has 0 unspecified atom stereocenters. The van der Waals surface area contributed by atoms with E-state index in [1.54, 1.807) is 5.38 Å². The molecule has 1 aromatic carbocycles. The lowest BCUT2D eigenvalue weighted by atomic mass is 10.2. The van der Waals surface area contributed by atoms with Gasteiger partial charge >= 0.3 is 0 Å². The van der Waals surface area contributed by atoms with Crippen LogP contribution in [0.2, 0.25) is 0 Å². The minimum Gasteiger partial charge on any atom is -0.321 e. The van der Waals surface area contributed by atoms with Crippen molar-refractivity contribution in [3.8, 4) is 0 Å². The van der Waals surface area contributed by atoms with Crippen molar-refractivity contribution in [1.29, 1.82) is 0 Å². The Kier molecular flexibility index (Phi) is 5.35. The Morgan fingerprint density at radius 3 is 2.38 bits per heavy atom. The van der Waals surface area contributed by atoms with Gasteiger partial charge in [0.1, 0.15) is 9.77 Å². The number of thiophene rings is 1. The van der Waals surface area contributed by atoms with E-state index in [2.05, 4.69) is 5.32 Å². The highest BCUT2D eigenvalue weighted by atomic mass is 32.2. The molecule has 10 heteroatoms. The van der Waals surface area contributed by atoms with Crippen molar-refractivity contribution < 1.29 is 18.1 Å². The van der Waals surface area contributed by atoms with Gasteiger partial charge in [-0.15, -0.1) is 11.3 Å². The van der Waals surface area contributed by atoms with Crippen LogP contribution in [-0.4, -0.2) is 36.6 Å². The molecular weight excluding hydrogens is 378 g/mol. The minimum atomic E-state index is -3.71. The third-order valence-corrected chi connectivity index (χ3v) is 7.09. The van der Waals surface area contributed by atoms with Gasteiger partial charge in [-0.25, -0.2) is 8.42 Å². The second-order valence-electron chi connectivity index (χ2n) is 5.84. The molecule has 1 N–H and O–H groups in total. The van der Waals surface area contributed by atoms with Gasteiger partial charge in [-0.2, -0.15) is 4.31 Å². The molecule has 138 valence electrons. The molecule has 3 rings (SSSR count). The van der Waals surface area contributed by atoms with E-state index in [0.717, 1.165) is 30.6 Å². The van der Waals surface area contributed by atoms with E-state index >= 15 is 0 Å². The maximum atomic E-state index is 12.8. The molecular formula is C16H17N3O5S2. The summed E-state index contributed by atoms with van der Waals surface area (Å²) in [7, 11) is -3.71. The van der Waals surface area contributed by atoms with Gasteiger partial charge < -0.3 is 5.32 Å². The van der Waals surface area contributed by atoms with Crippen molar-refractivity contribution in [3.05, 3.63) is 50.7 Å². The lowest BCUT2D eigenvalue weighted by Crippen LogP contribution is -2.36. The van der Waals surface area contributed by atoms with Crippen LogP contribution in [0.3, 0.4) is 0 Å². The summed E-state index contributed by atoms with van der Waals surface area (Å²) in [5.74, 6) is -0.551. The Bertz CT molecular complexity index is 916. The summed E-state index contributed by atoms with van der Waals surface area (Å²) >= 11 is 1.05. The van der Waals surface area contributed by atoms with Gasteiger partial charge in [0, 0.05) is 30.9 Å². The number of non-ortho nitro benzene ring substituents is 1. The number of carbonyl (C=O) groups excluding carboxylic acids is 1. The first-order valence-electron chi connectivity index (χ1n) is 8.03. The molecule has 1 amide bonds. The predicted molar refractivity (Wildman–Crippen MR) is 98.0 cm³/mol. The molecule has 1 aliphatic rings. The molecule has 26 heavy (non-hydrogen) atoms. The van der Waals surface area contributed by atoms with Crippen LogP contribution >= 0.6 is 11.3 Å². The quantitative estimate of drug-likeness (QED) is 0.618. The molecule has 0 bridgehead atoms. The number of rotatable bonds is 5. The van der Waals surface area contributed by atoms with Crippen LogP contribution in [0.25, 0.3) is 0 Å². The van der Waals surface area contributed by atoms with Gasteiger partial charge in [-0.05, 0) is 36.4 Å². The average molecular weight is 395 g/mol. The Labute approximate surface area is 154 Å². The van der Waals surface area contributed by atoms with Crippen molar-refractivity contribution in [3.63, 3.8) is 0 Å². The first-order chi connectivity index (χ1) is 12.4. The number of sulfonamides is 1. The summed E-state index contributed by atoms with van der Waals surface area (Å²) in [6, 6.07) is 6.80. The van der Waals surface area contributed by atoms with Gasteiger partial charge in [0.25, 0.3) is 11.6 Å². The van der Waals surface area contributed by atoms with E-state index < -0.39 is 20.9 Å². The van der Waals surface area contributed by atoms with Crippen molar-refractivity contribution in [2.45, 2.75) is 24.2 Å². The van der Waals surface area contributed by atoms with Crippen LogP contribution in [0, 0.1) is 10.1 Å². The van der Waals surface area contributed by atoms with E-state index in [0.29, 0.717) is 18.8 Å². The van der Waals surface area contributed by atoms with Crippen molar-refractivity contribution in [2.75, 3.05) is 18.4 Å². The fraction of sp³-hybridized carbons (Fsp3) is 0.312. The molecule has 2 aromatic rings. The molecule has 1 fully saturated rings. The number of benzene rings is 1. The van der Waals surface area contributed by atoms with Crippen LogP contribution in [-0.2, 0) is 10.0 Å². The normalized spacial score (nSPS) is 15.5. The number of nitrogens with one attached hydrogen (secondary N) is 1. The number of nitrogens with zero attached hydrogens (tertiary/aromatic N) is 2. The van der Waals surface area contributed by atoms with E-state index in [1.165, 1.54) is 34.6 Å². The van der Waals surface area contributed by atoms with Gasteiger partial charge in [0.2, 0.25) is 10.0 Å². The SMILES string of the molecule is O=C(Nc1ccc([N+](=O)[O-])cc1)c1sccc1S(=O)(=O)N1CCCCC1. The van der Waals surface area contributed by atoms with Crippen molar-refractivity contribution >= 4 is 38.6 Å². The number of hydrogen-bond acceptors (Lipinski definition) is 6. The Morgan fingerprint density at radius 2 is 1.77 bits per heavy atom. The molecule has 0 spiro atoms. The van der Waals surface area contributed by atoms with Crippen LogP contribution in [0.1, 0.15) is 28.9 Å². The third kappa shape index (κ3) is 3.76. The summed E-state index contributed by atoms with van der Waals surface area (Å²) in [6.45, 7) is 0.920. The molecule has 2 heterocycles. The number of amides is 1. The van der Waals surface area contributed by atoms with E-state index in [-0.39, 0.29) is 15.5 Å². The zero-order chi connectivity index (χ0) is 18.7. The zero-order valence-corrected chi connectivity index (χ0v) is 15.4. The number of nitro groups is 1. The lowest BCUT2D eigenvalue weighted by molar-refractivity contribution is -0.384. The Morgan fingerprint density at radius 1 is 1.12 bits per heavy atom. The molecule has 1 saturated heterocycles. The monoisotopic (exact) mass is 395 g/mol. The fourth-order valence-corrected chi connectivity index (χ4v) is 5.58. The first kappa shape index (κ1) is 18.5. The van der Waals surface area contributed by atoms with E-state index in [9.17, 15) is 23.3 Å². The summed E-state index contributed by atoms with van der Waals surface area (Å²) < 4.78 is 27.1. The van der Waals surface area contributed by atoms with Gasteiger partial charge in [-0.3, -0.25) is 14.9 Å². The van der Waals surface area contributed by atoms with Crippen LogP contribution in [0.5, 0.6) is 0 Å². The Hall–Kier alpha value is -2.30. The maximum absolute atomic E-state index is 12.8. The van der Waals surface area contributed by atoms with E-state index in [1.807, 2.05) is 0 Å². The molecule has 0 aliphatic carbocycles. The van der Waals surface area contributed by atoms with Crippen molar-refractivity contribution in [1.82, 2.24) is 4.31 Å². The van der Waals surface area contributed by atoms with Gasteiger partial charge in [0.05, 0.1) is 4.92 Å². The largest absolute Gasteiger partial charge is 0.321 e. The predicted octanol–water partition coefficient (Wildman–Crippen LogP) is 3.08. The minimum absolute atomic E-state index is 0.00353. The molecule has 0 atom stereocenters. The topological polar surface area (TPSA) is 110 Å². The molecule has 0 saturated carbocycles. The summed E-state index contributed by atoms with van der Waals surface area (Å²) in [4.78, 5) is 22.8. The van der Waals surface area contributed by atoms with Gasteiger partial charge in [-0.1, -0.05) is 6.42 Å². The van der Waals surface area contributed by atoms with Gasteiger partial charge in [0.15, 0.2) is 0 Å². The standard InChI is InChI=1S/C16H17N3O5S2/c20-16(17-12-4-6-13(7-5-12)19(21)22)15-14(8-11-25-15)26(23,24)18-9-2-1-3-10-18/h4-8,11H,1-3,9-10H2,(H,17,20). The third-order valence-electron chi connectivity index (χ3n) is 4.10. The van der Waals surface area contributed by atoms with Crippen LogP contribution in [0.4, 0.5) is 11.4 Å². The smallest absolute Gasteiger partial charge is 0.269 e. The number of carbonyl (C=O) groups is 1. The second kappa shape index (κ2) is 7.52. The lowest BCUT2D eigenvalue weighted by Gasteiger charge is -2.25. The summed E-state index contributed by atoms with van der Waals surface area (Å²) in [5.41, 5.74) is 0.266. The maximum Gasteiger partial charge on any atom is 0.269 e. The number of hydrogen-bond donors (Lipinski definition) is 1. The first-order valence-corrected chi connectivity index (χ1v) is 10.3. The highest BCUT2D eigenvalue weighted by molar-refractivity contribution is 7.89. The molecule has 0 radical (unpaired) electrons. The Balaban J connectivity index is 1.81. The number of piperidine rings is 1. The number of nitro benzene ring substituents is 1. The van der Waals surface area contributed by atoms with E-state index in [4.69, 9.17) is 0 Å². The molecule has 1 aliphatic heterocycles. The average Bonchev–Trinajstić information content (AvgIpc) is 3.14. The summed E-state index contributed by atoms with van der Waals surface area (Å²) in [6.07, 6.45) is 2.63. The molecule has 1 aromatic heterocycles. The molecule has 8 nitrogen and oxygen atoms in total. The van der Waals surface area contributed by atoms with Crippen LogP contribution in [0.15, 0.2) is 40.6 Å². The summed E-state index contributed by atoms with van der Waals surface area (Å²) in [5, 5.41) is 14.8. The highest BCUT2D eigenvalue weighted by Crippen LogP contribution is 2.28. The highest BCUT2D eigenvalue weighted by Gasteiger charge is 2.31. The second-order valence-corrected chi connectivity index (χ2v) is 8.66. The zero-order valence-electron chi connectivity index (χ0n) is 13.8. The van der Waals surface area contributed by atoms with Crippen molar-refractivity contribution in [2.24, 2.45) is 0 Å².